The van der Waals surface area contributed by atoms with Crippen molar-refractivity contribution in [2.45, 2.75) is 38.5 Å². The lowest BCUT2D eigenvalue weighted by atomic mass is 9.94. The third-order valence-corrected chi connectivity index (χ3v) is 3.88. The molecule has 2 atom stereocenters. The molecule has 0 saturated carbocycles. The Balaban J connectivity index is 1.82. The number of aliphatic hydroxyl groups excluding tert-OH is 1. The molecule has 0 unspecified atom stereocenters. The van der Waals surface area contributed by atoms with Crippen LogP contribution in [0.1, 0.15) is 32.4 Å². The SMILES string of the molecule is CCCOC(=O)[B][n+]1cnc2c(ncn2[C@H]2CC[C@@H](CO)O2)c1N. The van der Waals surface area contributed by atoms with E-state index >= 15 is 0 Å². The highest BCUT2D eigenvalue weighted by Gasteiger charge is 2.29. The Bertz CT molecular complexity index is 737. The van der Waals surface area contributed by atoms with Gasteiger partial charge in [-0.2, -0.15) is 0 Å². The van der Waals surface area contributed by atoms with Crippen LogP contribution in [0.15, 0.2) is 12.7 Å². The minimum Gasteiger partial charge on any atom is -0.471 e. The summed E-state index contributed by atoms with van der Waals surface area (Å²) in [7, 11) is 1.24. The van der Waals surface area contributed by atoms with Gasteiger partial charge in [-0.05, 0) is 19.3 Å². The summed E-state index contributed by atoms with van der Waals surface area (Å²) in [5, 5.41) is 9.18. The molecule has 2 aromatic heterocycles. The maximum Gasteiger partial charge on any atom is 0.492 e. The number of hydrogen-bond donors (Lipinski definition) is 2. The summed E-state index contributed by atoms with van der Waals surface area (Å²) in [5.41, 5.74) is 7.14. The number of fused-ring (bicyclic) bond motifs is 1. The van der Waals surface area contributed by atoms with Crippen LogP contribution < -0.4 is 10.2 Å². The molecule has 0 aliphatic carbocycles. The van der Waals surface area contributed by atoms with Crippen molar-refractivity contribution in [3.63, 3.8) is 0 Å². The first kappa shape index (κ1) is 16.7. The first-order valence-corrected chi connectivity index (χ1v) is 7.94. The molecule has 0 bridgehead atoms. The van der Waals surface area contributed by atoms with Gasteiger partial charge in [0, 0.05) is 0 Å². The lowest BCUT2D eigenvalue weighted by Gasteiger charge is -2.12. The van der Waals surface area contributed by atoms with Crippen molar-refractivity contribution in [1.29, 1.82) is 0 Å². The molecular weight excluding hydrogens is 313 g/mol. The number of imidazole rings is 1. The smallest absolute Gasteiger partial charge is 0.471 e. The molecule has 1 fully saturated rings. The summed E-state index contributed by atoms with van der Waals surface area (Å²) in [6, 6.07) is 0. The average Bonchev–Trinajstić information content (AvgIpc) is 3.21. The first-order valence-electron chi connectivity index (χ1n) is 7.94. The van der Waals surface area contributed by atoms with E-state index in [1.807, 2.05) is 6.92 Å². The minimum atomic E-state index is -0.487. The summed E-state index contributed by atoms with van der Waals surface area (Å²) in [5.74, 6) is -0.192. The van der Waals surface area contributed by atoms with Gasteiger partial charge in [-0.3, -0.25) is 13.8 Å². The maximum atomic E-state index is 11.7. The highest BCUT2D eigenvalue weighted by molar-refractivity contribution is 6.65. The quantitative estimate of drug-likeness (QED) is 0.714. The third-order valence-electron chi connectivity index (χ3n) is 3.88. The molecule has 3 heterocycles. The van der Waals surface area contributed by atoms with Crippen LogP contribution in [0, 0.1) is 0 Å². The second-order valence-corrected chi connectivity index (χ2v) is 5.63. The summed E-state index contributed by atoms with van der Waals surface area (Å²) in [6.45, 7) is 2.26. The van der Waals surface area contributed by atoms with Gasteiger partial charge in [0.25, 0.3) is 5.87 Å². The van der Waals surface area contributed by atoms with Gasteiger partial charge in [-0.1, -0.05) is 11.9 Å². The zero-order chi connectivity index (χ0) is 17.1. The van der Waals surface area contributed by atoms with Gasteiger partial charge in [0.05, 0.1) is 19.3 Å². The van der Waals surface area contributed by atoms with Crippen molar-refractivity contribution in [2.24, 2.45) is 0 Å². The second kappa shape index (κ2) is 7.14. The fraction of sp³-hybridized carbons (Fsp3) is 0.571. The van der Waals surface area contributed by atoms with Gasteiger partial charge in [-0.25, -0.2) is 4.98 Å². The number of rotatable bonds is 6. The van der Waals surface area contributed by atoms with E-state index in [-0.39, 0.29) is 18.9 Å². The normalized spacial score (nSPS) is 20.4. The van der Waals surface area contributed by atoms with Gasteiger partial charge in [0.2, 0.25) is 17.8 Å². The van der Waals surface area contributed by atoms with E-state index in [2.05, 4.69) is 9.97 Å². The number of carbonyl (C=O) groups is 1. The fourth-order valence-corrected chi connectivity index (χ4v) is 2.66. The molecule has 1 saturated heterocycles. The molecule has 10 heteroatoms. The number of nitrogens with zero attached hydrogens (tertiary/aromatic N) is 4. The molecule has 1 aliphatic rings. The van der Waals surface area contributed by atoms with Crippen molar-refractivity contribution in [2.75, 3.05) is 18.9 Å². The fourth-order valence-electron chi connectivity index (χ4n) is 2.66. The van der Waals surface area contributed by atoms with E-state index in [1.165, 1.54) is 18.2 Å². The van der Waals surface area contributed by atoms with Gasteiger partial charge in [0.1, 0.15) is 12.6 Å². The number of aliphatic hydroxyl groups is 1. The van der Waals surface area contributed by atoms with Gasteiger partial charge >= 0.3 is 7.41 Å². The molecule has 24 heavy (non-hydrogen) atoms. The summed E-state index contributed by atoms with van der Waals surface area (Å²) in [4.78, 5) is 20.3. The van der Waals surface area contributed by atoms with E-state index in [1.54, 1.807) is 10.9 Å². The number of nitrogen functional groups attached to an aromatic ring is 1. The molecular formula is C14H20BN5O4+. The zero-order valence-electron chi connectivity index (χ0n) is 13.5. The molecule has 2 aromatic rings. The van der Waals surface area contributed by atoms with Crippen LogP contribution >= 0.6 is 0 Å². The number of hydrogen-bond acceptors (Lipinski definition) is 7. The molecule has 3 N–H and O–H groups in total. The van der Waals surface area contributed by atoms with Crippen LogP contribution in [0.25, 0.3) is 11.2 Å². The Morgan fingerprint density at radius 2 is 2.42 bits per heavy atom. The topological polar surface area (TPSA) is 116 Å². The Labute approximate surface area is 139 Å². The Morgan fingerprint density at radius 3 is 3.12 bits per heavy atom. The number of nitrogens with two attached hydrogens (primary N) is 1. The molecule has 0 aromatic carbocycles. The Morgan fingerprint density at radius 1 is 1.58 bits per heavy atom. The largest absolute Gasteiger partial charge is 0.492 e. The predicted octanol–water partition coefficient (Wildman–Crippen LogP) is -0.0152. The van der Waals surface area contributed by atoms with E-state index in [0.29, 0.717) is 23.6 Å². The zero-order valence-corrected chi connectivity index (χ0v) is 13.5. The molecule has 3 rings (SSSR count). The monoisotopic (exact) mass is 333 g/mol. The van der Waals surface area contributed by atoms with E-state index in [4.69, 9.17) is 15.2 Å². The Kier molecular flexibility index (Phi) is 4.96. The predicted molar refractivity (Wildman–Crippen MR) is 85.2 cm³/mol. The van der Waals surface area contributed by atoms with E-state index in [9.17, 15) is 9.90 Å². The van der Waals surface area contributed by atoms with Crippen LogP contribution in [0.2, 0.25) is 0 Å². The van der Waals surface area contributed by atoms with Crippen LogP contribution in [0.5, 0.6) is 0 Å². The maximum absolute atomic E-state index is 11.7. The number of aromatic nitrogens is 4. The summed E-state index contributed by atoms with van der Waals surface area (Å²) in [6.07, 6.45) is 4.95. The number of carbonyl (C=O) groups excluding carboxylic acids is 1. The molecule has 1 aliphatic heterocycles. The minimum absolute atomic E-state index is 0.00642. The molecule has 0 spiro atoms. The first-order chi connectivity index (χ1) is 11.6. The van der Waals surface area contributed by atoms with Gasteiger partial charge in [0.15, 0.2) is 5.52 Å². The van der Waals surface area contributed by atoms with E-state index in [0.717, 1.165) is 19.3 Å². The van der Waals surface area contributed by atoms with E-state index < -0.39 is 5.87 Å². The average molecular weight is 333 g/mol. The van der Waals surface area contributed by atoms with Crippen LogP contribution in [-0.4, -0.2) is 52.2 Å². The molecule has 9 nitrogen and oxygen atoms in total. The molecule has 0 amide bonds. The summed E-state index contributed by atoms with van der Waals surface area (Å²) < 4.78 is 13.9. The standard InChI is InChI=1S/C14H20BN5O4/c1-2-5-23-14(22)15-20-8-18-13-11(12(20)16)17-7-19(13)10-4-3-9(6-21)24-10/h7-10,21H,2-6H2,1H3,(H2,16,18)/q+1/t9-,10+/m0/s1. The second-order valence-electron chi connectivity index (χ2n) is 5.63. The third kappa shape index (κ3) is 3.20. The summed E-state index contributed by atoms with van der Waals surface area (Å²) >= 11 is 0. The van der Waals surface area contributed by atoms with Crippen molar-refractivity contribution in [3.8, 4) is 0 Å². The number of anilines is 1. The van der Waals surface area contributed by atoms with Crippen molar-refractivity contribution in [3.05, 3.63) is 12.7 Å². The van der Waals surface area contributed by atoms with Crippen LogP contribution in [0.3, 0.4) is 0 Å². The van der Waals surface area contributed by atoms with Gasteiger partial charge in [-0.15, -0.1) is 0 Å². The highest BCUT2D eigenvalue weighted by Crippen LogP contribution is 2.30. The lowest BCUT2D eigenvalue weighted by Crippen LogP contribution is -2.47. The van der Waals surface area contributed by atoms with Crippen LogP contribution in [-0.2, 0) is 9.47 Å². The van der Waals surface area contributed by atoms with Crippen molar-refractivity contribution < 1.29 is 23.9 Å². The highest BCUT2D eigenvalue weighted by atomic mass is 16.5. The lowest BCUT2D eigenvalue weighted by molar-refractivity contribution is -0.513. The van der Waals surface area contributed by atoms with Gasteiger partial charge < -0.3 is 20.3 Å². The van der Waals surface area contributed by atoms with Crippen LogP contribution in [0.4, 0.5) is 10.6 Å². The Hall–Kier alpha value is -2.20. The van der Waals surface area contributed by atoms with Crippen molar-refractivity contribution >= 4 is 30.3 Å². The molecule has 127 valence electrons. The van der Waals surface area contributed by atoms with Crippen molar-refractivity contribution in [1.82, 2.24) is 14.5 Å². The molecule has 1 radical (unpaired) electrons. The number of ether oxygens (including phenoxy) is 2.